The summed E-state index contributed by atoms with van der Waals surface area (Å²) in [5.74, 6) is -1.20. The van der Waals surface area contributed by atoms with Crippen LogP contribution in [0.25, 0.3) is 0 Å². The van der Waals surface area contributed by atoms with Gasteiger partial charge in [-0.2, -0.15) is 13.2 Å². The highest BCUT2D eigenvalue weighted by molar-refractivity contribution is 5.83. The van der Waals surface area contributed by atoms with Crippen LogP contribution < -0.4 is 10.1 Å². The van der Waals surface area contributed by atoms with Crippen LogP contribution in [-0.4, -0.2) is 113 Å². The van der Waals surface area contributed by atoms with E-state index in [2.05, 4.69) is 0 Å². The number of ether oxygens (including phenoxy) is 3. The molecule has 0 radical (unpaired) electrons. The van der Waals surface area contributed by atoms with Gasteiger partial charge in [-0.15, -0.1) is 0 Å². The Morgan fingerprint density at radius 2 is 1.72 bits per heavy atom. The minimum absolute atomic E-state index is 0.000981. The number of nitrogens with one attached hydrogen (secondary N) is 1. The van der Waals surface area contributed by atoms with E-state index in [-0.39, 0.29) is 45.1 Å². The number of benzene rings is 2. The van der Waals surface area contributed by atoms with E-state index in [1.54, 1.807) is 30.6 Å². The molecule has 0 unspecified atom stereocenters. The van der Waals surface area contributed by atoms with Gasteiger partial charge >= 0.3 is 12.3 Å². The van der Waals surface area contributed by atoms with Gasteiger partial charge in [-0.3, -0.25) is 14.5 Å². The second kappa shape index (κ2) is 14.8. The Hall–Kier alpha value is -3.88. The zero-order valence-corrected chi connectivity index (χ0v) is 29.1. The second-order valence-electron chi connectivity index (χ2n) is 14.7. The van der Waals surface area contributed by atoms with E-state index in [9.17, 15) is 32.7 Å². The molecule has 3 heterocycles. The summed E-state index contributed by atoms with van der Waals surface area (Å²) in [6, 6.07) is 15.3. The Balaban J connectivity index is 1.37. The molecule has 0 spiro atoms. The number of hydrogen-bond acceptors (Lipinski definition) is 8. The van der Waals surface area contributed by atoms with Crippen molar-refractivity contribution in [3.8, 4) is 5.75 Å². The smallest absolute Gasteiger partial charge is 0.410 e. The summed E-state index contributed by atoms with van der Waals surface area (Å²) in [7, 11) is 0. The number of alkyl halides is 3. The zero-order valence-electron chi connectivity index (χ0n) is 29.1. The highest BCUT2D eigenvalue weighted by Gasteiger charge is 2.54. The van der Waals surface area contributed by atoms with Crippen molar-refractivity contribution in [1.29, 1.82) is 0 Å². The third kappa shape index (κ3) is 9.07. The van der Waals surface area contributed by atoms with Gasteiger partial charge in [0.1, 0.15) is 42.4 Å². The molecule has 274 valence electrons. The molecular formula is C36H47F3N4O7. The van der Waals surface area contributed by atoms with Crippen LogP contribution in [0.15, 0.2) is 54.6 Å². The summed E-state index contributed by atoms with van der Waals surface area (Å²) in [5, 5.41) is 13.5. The zero-order chi connectivity index (χ0) is 36.4. The number of piperazine rings is 1. The van der Waals surface area contributed by atoms with Crippen molar-refractivity contribution in [1.82, 2.24) is 20.0 Å². The average molecular weight is 705 g/mol. The molecule has 3 aliphatic rings. The number of carbonyl (C=O) groups excluding carboxylic acids is 3. The van der Waals surface area contributed by atoms with Gasteiger partial charge in [0.15, 0.2) is 0 Å². The molecule has 2 fully saturated rings. The van der Waals surface area contributed by atoms with Crippen LogP contribution in [0, 0.1) is 5.92 Å². The number of hydrogen-bond donors (Lipinski definition) is 2. The first-order chi connectivity index (χ1) is 23.4. The third-order valence-corrected chi connectivity index (χ3v) is 9.11. The molecule has 2 aromatic carbocycles. The summed E-state index contributed by atoms with van der Waals surface area (Å²) in [5.41, 5.74) is -0.0970. The number of halogens is 3. The van der Waals surface area contributed by atoms with Gasteiger partial charge in [0, 0.05) is 37.7 Å². The first-order valence-corrected chi connectivity index (χ1v) is 16.9. The molecule has 5 rings (SSSR count). The van der Waals surface area contributed by atoms with Crippen molar-refractivity contribution in [3.63, 3.8) is 0 Å². The second-order valence-corrected chi connectivity index (χ2v) is 14.7. The van der Waals surface area contributed by atoms with E-state index in [0.29, 0.717) is 12.2 Å². The molecule has 3 amide bonds. The predicted octanol–water partition coefficient (Wildman–Crippen LogP) is 4.29. The number of aliphatic hydroxyl groups is 1. The molecular weight excluding hydrogens is 657 g/mol. The lowest BCUT2D eigenvalue weighted by Crippen LogP contribution is -2.62. The highest BCUT2D eigenvalue weighted by atomic mass is 19.4. The molecule has 3 aliphatic heterocycles. The Kier molecular flexibility index (Phi) is 11.0. The number of fused-ring (bicyclic) bond motifs is 3. The Morgan fingerprint density at radius 3 is 2.40 bits per heavy atom. The van der Waals surface area contributed by atoms with E-state index >= 15 is 0 Å². The maximum absolute atomic E-state index is 14.7. The molecule has 0 aromatic heterocycles. The molecule has 14 heteroatoms. The normalized spacial score (nSPS) is 23.3. The van der Waals surface area contributed by atoms with Gasteiger partial charge in [0.05, 0.1) is 12.1 Å². The quantitative estimate of drug-likeness (QED) is 0.397. The highest BCUT2D eigenvalue weighted by Crippen LogP contribution is 2.48. The van der Waals surface area contributed by atoms with Crippen LogP contribution in [0.3, 0.4) is 0 Å². The van der Waals surface area contributed by atoms with Crippen LogP contribution in [0.4, 0.5) is 18.0 Å². The summed E-state index contributed by atoms with van der Waals surface area (Å²) in [6.07, 6.45) is -6.57. The van der Waals surface area contributed by atoms with Gasteiger partial charge in [0.2, 0.25) is 11.8 Å². The molecule has 2 saturated heterocycles. The van der Waals surface area contributed by atoms with E-state index in [1.165, 1.54) is 4.90 Å². The molecule has 2 aromatic rings. The van der Waals surface area contributed by atoms with E-state index in [1.807, 2.05) is 73.8 Å². The van der Waals surface area contributed by atoms with Crippen LogP contribution in [0.2, 0.25) is 0 Å². The van der Waals surface area contributed by atoms with E-state index in [4.69, 9.17) is 14.2 Å². The van der Waals surface area contributed by atoms with Crippen molar-refractivity contribution in [3.05, 3.63) is 65.7 Å². The maximum Gasteiger partial charge on any atom is 0.410 e. The average Bonchev–Trinajstić information content (AvgIpc) is 3.32. The molecule has 2 N–H and O–H groups in total. The minimum Gasteiger partial charge on any atom is -0.490 e. The minimum atomic E-state index is -4.64. The first kappa shape index (κ1) is 37.4. The Labute approximate surface area is 290 Å². The fraction of sp³-hybridized carbons (Fsp3) is 0.583. The van der Waals surface area contributed by atoms with Gasteiger partial charge in [0.25, 0.3) is 0 Å². The molecule has 11 nitrogen and oxygen atoms in total. The summed E-state index contributed by atoms with van der Waals surface area (Å²) in [4.78, 5) is 45.3. The van der Waals surface area contributed by atoms with Crippen molar-refractivity contribution in [2.24, 2.45) is 5.92 Å². The van der Waals surface area contributed by atoms with Crippen LogP contribution >= 0.6 is 0 Å². The van der Waals surface area contributed by atoms with Gasteiger partial charge in [-0.25, -0.2) is 4.79 Å². The predicted molar refractivity (Wildman–Crippen MR) is 177 cm³/mol. The Bertz CT molecular complexity index is 1520. The number of β-amino-alcohol motifs (C(OH)–C–C–N with tert-alkyl or cyclic N) is 1. The Morgan fingerprint density at radius 1 is 1.04 bits per heavy atom. The van der Waals surface area contributed by atoms with Crippen LogP contribution in [-0.2, 0) is 25.5 Å². The standard InChI is InChI=1S/C36H47F3N4O7/c1-34(2,3)50-33(47)42-16-15-41(27(20-42)31(45)40-22-36(37,38)39)19-25(44)18-24(17-23-11-7-6-8-12-23)32(46)43-30-26-13-9-10-14-28(26)48-21-29(30)49-35(43,4)5/h6-14,24-25,27,29-30,44H,15-22H2,1-5H3,(H,40,45)/t24-,25+,27+,29-,30+/m1/s1. The molecule has 50 heavy (non-hydrogen) atoms. The SMILES string of the molecule is CC(C)(C)OC(=O)N1CCN(C[C@@H](O)C[C@@H](Cc2ccccc2)C(=O)N2[C@H]3c4ccccc4OC[C@H]3OC2(C)C)[C@H](C(=O)NCC(F)(F)F)C1. The van der Waals surface area contributed by atoms with Crippen molar-refractivity contribution < 1.29 is 46.9 Å². The number of carbonyl (C=O) groups is 3. The van der Waals surface area contributed by atoms with Crippen LogP contribution in [0.5, 0.6) is 5.75 Å². The lowest BCUT2D eigenvalue weighted by molar-refractivity contribution is -0.153. The largest absolute Gasteiger partial charge is 0.490 e. The number of amides is 3. The number of nitrogens with zero attached hydrogens (tertiary/aromatic N) is 3. The van der Waals surface area contributed by atoms with Crippen molar-refractivity contribution in [2.75, 3.05) is 39.3 Å². The fourth-order valence-electron chi connectivity index (χ4n) is 7.01. The van der Waals surface area contributed by atoms with Crippen molar-refractivity contribution in [2.45, 2.75) is 89.3 Å². The molecule has 0 saturated carbocycles. The van der Waals surface area contributed by atoms with E-state index in [0.717, 1.165) is 11.1 Å². The van der Waals surface area contributed by atoms with Crippen molar-refractivity contribution >= 4 is 17.9 Å². The maximum atomic E-state index is 14.7. The van der Waals surface area contributed by atoms with Crippen LogP contribution in [0.1, 0.15) is 58.2 Å². The first-order valence-electron chi connectivity index (χ1n) is 16.9. The van der Waals surface area contributed by atoms with Gasteiger partial charge in [-0.05, 0) is 59.1 Å². The molecule has 0 aliphatic carbocycles. The number of aliphatic hydroxyl groups excluding tert-OH is 1. The van der Waals surface area contributed by atoms with Gasteiger partial charge in [-0.1, -0.05) is 48.5 Å². The van der Waals surface area contributed by atoms with E-state index < -0.39 is 66.3 Å². The number of para-hydroxylation sites is 1. The fourth-order valence-corrected chi connectivity index (χ4v) is 7.01. The van der Waals surface area contributed by atoms with Gasteiger partial charge < -0.3 is 34.4 Å². The monoisotopic (exact) mass is 704 g/mol. The lowest BCUT2D eigenvalue weighted by Gasteiger charge is -2.42. The molecule has 0 bridgehead atoms. The third-order valence-electron chi connectivity index (χ3n) is 9.11. The topological polar surface area (TPSA) is 121 Å². The molecule has 5 atom stereocenters. The summed E-state index contributed by atoms with van der Waals surface area (Å²) >= 11 is 0. The lowest BCUT2D eigenvalue weighted by atomic mass is 9.89. The summed E-state index contributed by atoms with van der Waals surface area (Å²) in [6.45, 7) is 7.32. The number of rotatable bonds is 9. The summed E-state index contributed by atoms with van der Waals surface area (Å²) < 4.78 is 56.9.